The predicted octanol–water partition coefficient (Wildman–Crippen LogP) is 0.580. The highest BCUT2D eigenvalue weighted by atomic mass is 32.2. The van der Waals surface area contributed by atoms with E-state index in [1.807, 2.05) is 10.6 Å². The van der Waals surface area contributed by atoms with Crippen LogP contribution in [0.4, 0.5) is 0 Å². The van der Waals surface area contributed by atoms with Gasteiger partial charge in [-0.1, -0.05) is 0 Å². The normalized spacial score (nSPS) is 30.9. The highest BCUT2D eigenvalue weighted by molar-refractivity contribution is 7.91. The van der Waals surface area contributed by atoms with Crippen molar-refractivity contribution in [3.63, 3.8) is 0 Å². The number of sulfone groups is 1. The standard InChI is InChI=1S/C12H15N3O3S/c13-6-12(3-4-19(17,18)7-12)11(16)10-5-14-8-15(10)9-1-2-9/h5,8-9,11,16H,1-4,7H2. The number of nitriles is 1. The number of aliphatic hydroxyl groups is 1. The number of rotatable bonds is 3. The maximum Gasteiger partial charge on any atom is 0.152 e. The van der Waals surface area contributed by atoms with Crippen LogP contribution in [0, 0.1) is 16.7 Å². The van der Waals surface area contributed by atoms with Crippen LogP contribution in [-0.2, 0) is 9.84 Å². The maximum atomic E-state index is 11.6. The van der Waals surface area contributed by atoms with E-state index >= 15 is 0 Å². The molecular weight excluding hydrogens is 266 g/mol. The minimum absolute atomic E-state index is 0.0326. The van der Waals surface area contributed by atoms with Crippen LogP contribution in [0.5, 0.6) is 0 Å². The van der Waals surface area contributed by atoms with E-state index in [0.717, 1.165) is 12.8 Å². The van der Waals surface area contributed by atoms with Crippen LogP contribution in [0.15, 0.2) is 12.5 Å². The molecule has 19 heavy (non-hydrogen) atoms. The Morgan fingerprint density at radius 3 is 2.84 bits per heavy atom. The summed E-state index contributed by atoms with van der Waals surface area (Å²) in [7, 11) is -3.23. The Bertz CT molecular complexity index is 641. The first-order chi connectivity index (χ1) is 8.97. The van der Waals surface area contributed by atoms with E-state index in [1.54, 1.807) is 6.33 Å². The zero-order valence-electron chi connectivity index (χ0n) is 10.4. The van der Waals surface area contributed by atoms with E-state index in [9.17, 15) is 18.8 Å². The summed E-state index contributed by atoms with van der Waals surface area (Å²) in [5.74, 6) is -0.303. The molecule has 2 unspecified atom stereocenters. The Kier molecular flexibility index (Phi) is 2.69. The van der Waals surface area contributed by atoms with Crippen molar-refractivity contribution < 1.29 is 13.5 Å². The largest absolute Gasteiger partial charge is 0.385 e. The summed E-state index contributed by atoms with van der Waals surface area (Å²) in [6.45, 7) is 0. The van der Waals surface area contributed by atoms with Crippen molar-refractivity contribution in [3.05, 3.63) is 18.2 Å². The van der Waals surface area contributed by atoms with Gasteiger partial charge in [0.1, 0.15) is 11.5 Å². The summed E-state index contributed by atoms with van der Waals surface area (Å²) < 4.78 is 25.1. The summed E-state index contributed by atoms with van der Waals surface area (Å²) in [6, 6.07) is 2.37. The molecule has 7 heteroatoms. The molecule has 2 aliphatic rings. The molecule has 1 saturated heterocycles. The Balaban J connectivity index is 1.96. The Morgan fingerprint density at radius 2 is 2.32 bits per heavy atom. The fourth-order valence-corrected chi connectivity index (χ4v) is 4.68. The SMILES string of the molecule is N#CC1(C(O)c2cncn2C2CC2)CCS(=O)(=O)C1. The molecule has 3 rings (SSSR count). The van der Waals surface area contributed by atoms with Crippen LogP contribution < -0.4 is 0 Å². The van der Waals surface area contributed by atoms with Crippen molar-refractivity contribution in [1.82, 2.24) is 9.55 Å². The molecule has 2 fully saturated rings. The van der Waals surface area contributed by atoms with Crippen LogP contribution in [0.3, 0.4) is 0 Å². The number of imidazole rings is 1. The third-order valence-corrected chi connectivity index (χ3v) is 5.78. The number of aliphatic hydroxyl groups excluding tert-OH is 1. The maximum absolute atomic E-state index is 11.6. The number of aromatic nitrogens is 2. The van der Waals surface area contributed by atoms with E-state index in [0.29, 0.717) is 11.7 Å². The molecule has 0 spiro atoms. The molecule has 1 aromatic rings. The molecule has 1 aliphatic heterocycles. The van der Waals surface area contributed by atoms with Gasteiger partial charge in [-0.3, -0.25) is 0 Å². The summed E-state index contributed by atoms with van der Waals surface area (Å²) in [5, 5.41) is 19.9. The lowest BCUT2D eigenvalue weighted by Crippen LogP contribution is -2.30. The first kappa shape index (κ1) is 12.6. The molecule has 0 bridgehead atoms. The molecule has 2 atom stereocenters. The fraction of sp³-hybridized carbons (Fsp3) is 0.667. The van der Waals surface area contributed by atoms with Crippen LogP contribution in [0.2, 0.25) is 0 Å². The lowest BCUT2D eigenvalue weighted by atomic mass is 9.81. The topological polar surface area (TPSA) is 96.0 Å². The van der Waals surface area contributed by atoms with E-state index < -0.39 is 21.4 Å². The van der Waals surface area contributed by atoms with E-state index in [-0.39, 0.29) is 17.9 Å². The quantitative estimate of drug-likeness (QED) is 0.874. The average molecular weight is 281 g/mol. The molecule has 102 valence electrons. The van der Waals surface area contributed by atoms with Crippen molar-refractivity contribution in [2.75, 3.05) is 11.5 Å². The van der Waals surface area contributed by atoms with Crippen molar-refractivity contribution >= 4 is 9.84 Å². The van der Waals surface area contributed by atoms with Crippen LogP contribution in [0.1, 0.15) is 37.1 Å². The van der Waals surface area contributed by atoms with Crippen molar-refractivity contribution in [1.29, 1.82) is 5.26 Å². The molecule has 0 radical (unpaired) electrons. The van der Waals surface area contributed by atoms with Crippen LogP contribution >= 0.6 is 0 Å². The monoisotopic (exact) mass is 281 g/mol. The van der Waals surface area contributed by atoms with Crippen LogP contribution in [-0.4, -0.2) is 34.6 Å². The lowest BCUT2D eigenvalue weighted by Gasteiger charge is -2.26. The van der Waals surface area contributed by atoms with Gasteiger partial charge in [0.2, 0.25) is 0 Å². The first-order valence-corrected chi connectivity index (χ1v) is 8.11. The van der Waals surface area contributed by atoms with Gasteiger partial charge in [-0.25, -0.2) is 13.4 Å². The number of hydrogen-bond acceptors (Lipinski definition) is 5. The van der Waals surface area contributed by atoms with Gasteiger partial charge in [0, 0.05) is 6.04 Å². The second-order valence-electron chi connectivity index (χ2n) is 5.47. The third kappa shape index (κ3) is 2.05. The third-order valence-electron chi connectivity index (χ3n) is 4.00. The zero-order chi connectivity index (χ0) is 13.7. The van der Waals surface area contributed by atoms with E-state index in [2.05, 4.69) is 4.98 Å². The van der Waals surface area contributed by atoms with Crippen molar-refractivity contribution in [2.45, 2.75) is 31.4 Å². The Hall–Kier alpha value is -1.39. The summed E-state index contributed by atoms with van der Waals surface area (Å²) in [4.78, 5) is 4.02. The molecule has 2 heterocycles. The van der Waals surface area contributed by atoms with Gasteiger partial charge in [0.15, 0.2) is 9.84 Å². The first-order valence-electron chi connectivity index (χ1n) is 6.29. The van der Waals surface area contributed by atoms with Gasteiger partial charge in [-0.2, -0.15) is 5.26 Å². The molecule has 6 nitrogen and oxygen atoms in total. The second-order valence-corrected chi connectivity index (χ2v) is 7.65. The van der Waals surface area contributed by atoms with Gasteiger partial charge >= 0.3 is 0 Å². The van der Waals surface area contributed by atoms with E-state index in [1.165, 1.54) is 6.20 Å². The molecule has 1 aliphatic carbocycles. The summed E-state index contributed by atoms with van der Waals surface area (Å²) in [5.41, 5.74) is -0.674. The highest BCUT2D eigenvalue weighted by Gasteiger charge is 2.50. The number of hydrogen-bond donors (Lipinski definition) is 1. The molecular formula is C12H15N3O3S. The molecule has 0 aromatic carbocycles. The Labute approximate surface area is 111 Å². The molecule has 1 N–H and O–H groups in total. The molecule has 1 aromatic heterocycles. The van der Waals surface area contributed by atoms with Gasteiger partial charge < -0.3 is 9.67 Å². The smallest absolute Gasteiger partial charge is 0.152 e. The second kappa shape index (κ2) is 4.05. The van der Waals surface area contributed by atoms with Gasteiger partial charge in [0.25, 0.3) is 0 Å². The van der Waals surface area contributed by atoms with Crippen molar-refractivity contribution in [3.8, 4) is 6.07 Å². The minimum Gasteiger partial charge on any atom is -0.385 e. The van der Waals surface area contributed by atoms with Gasteiger partial charge in [0.05, 0.1) is 35.8 Å². The summed E-state index contributed by atoms with van der Waals surface area (Å²) >= 11 is 0. The predicted molar refractivity (Wildman–Crippen MR) is 66.8 cm³/mol. The van der Waals surface area contributed by atoms with E-state index in [4.69, 9.17) is 0 Å². The molecule has 0 amide bonds. The van der Waals surface area contributed by atoms with Crippen LogP contribution in [0.25, 0.3) is 0 Å². The fourth-order valence-electron chi connectivity index (χ4n) is 2.71. The van der Waals surface area contributed by atoms with Gasteiger partial charge in [-0.05, 0) is 19.3 Å². The minimum atomic E-state index is -3.23. The van der Waals surface area contributed by atoms with Gasteiger partial charge in [-0.15, -0.1) is 0 Å². The highest BCUT2D eigenvalue weighted by Crippen LogP contribution is 2.45. The zero-order valence-corrected chi connectivity index (χ0v) is 11.2. The lowest BCUT2D eigenvalue weighted by molar-refractivity contribution is 0.0719. The Morgan fingerprint density at radius 1 is 1.58 bits per heavy atom. The molecule has 1 saturated carbocycles. The summed E-state index contributed by atoms with van der Waals surface area (Å²) in [6.07, 6.45) is 4.33. The van der Waals surface area contributed by atoms with Crippen molar-refractivity contribution in [2.24, 2.45) is 5.41 Å². The average Bonchev–Trinajstić information content (AvgIpc) is 3.01. The number of nitrogens with zero attached hydrogens (tertiary/aromatic N) is 3.